The van der Waals surface area contributed by atoms with Gasteiger partial charge in [-0.2, -0.15) is 0 Å². The van der Waals surface area contributed by atoms with Crippen LogP contribution in [0.4, 0.5) is 0 Å². The Morgan fingerprint density at radius 3 is 2.34 bits per heavy atom. The maximum atomic E-state index is 12.4. The van der Waals surface area contributed by atoms with Crippen molar-refractivity contribution in [2.75, 3.05) is 27.4 Å². The molecular formula is C22H27NO6. The predicted octanol–water partition coefficient (Wildman–Crippen LogP) is 3.01. The Morgan fingerprint density at radius 2 is 1.72 bits per heavy atom. The third-order valence-corrected chi connectivity index (χ3v) is 4.22. The fourth-order valence-electron chi connectivity index (χ4n) is 2.62. The number of amides is 1. The molecule has 0 bridgehead atoms. The van der Waals surface area contributed by atoms with Crippen LogP contribution in [0.3, 0.4) is 0 Å². The van der Waals surface area contributed by atoms with Crippen LogP contribution in [-0.4, -0.2) is 45.4 Å². The number of rotatable bonds is 10. The molecule has 2 rings (SSSR count). The van der Waals surface area contributed by atoms with Crippen LogP contribution in [0.1, 0.15) is 29.8 Å². The standard InChI is InChI=1S/C22H27NO6/c1-5-28-20-14-17(8-11-19(20)27-4)22(25)29-15(2)21(24)23-13-12-16-6-9-18(26-3)10-7-16/h6-11,14-15H,5,12-13H2,1-4H3,(H,23,24)/t15-/m1/s1. The summed E-state index contributed by atoms with van der Waals surface area (Å²) in [5.74, 6) is 0.787. The largest absolute Gasteiger partial charge is 0.497 e. The highest BCUT2D eigenvalue weighted by Crippen LogP contribution is 2.28. The van der Waals surface area contributed by atoms with Gasteiger partial charge in [-0.15, -0.1) is 0 Å². The quantitative estimate of drug-likeness (QED) is 0.616. The lowest BCUT2D eigenvalue weighted by Crippen LogP contribution is -2.36. The Morgan fingerprint density at radius 1 is 1.00 bits per heavy atom. The van der Waals surface area contributed by atoms with Crippen LogP contribution in [0.2, 0.25) is 0 Å². The topological polar surface area (TPSA) is 83.1 Å². The number of hydrogen-bond acceptors (Lipinski definition) is 6. The third-order valence-electron chi connectivity index (χ3n) is 4.22. The van der Waals surface area contributed by atoms with Crippen molar-refractivity contribution < 1.29 is 28.5 Å². The monoisotopic (exact) mass is 401 g/mol. The zero-order valence-electron chi connectivity index (χ0n) is 17.2. The summed E-state index contributed by atoms with van der Waals surface area (Å²) in [5, 5.41) is 2.77. The molecule has 0 aliphatic heterocycles. The summed E-state index contributed by atoms with van der Waals surface area (Å²) in [6.07, 6.45) is -0.261. The average Bonchev–Trinajstić information content (AvgIpc) is 2.74. The molecule has 1 amide bonds. The SMILES string of the molecule is CCOc1cc(C(=O)O[C@H](C)C(=O)NCCc2ccc(OC)cc2)ccc1OC. The molecule has 1 atom stereocenters. The first kappa shape index (κ1) is 22.1. The Bertz CT molecular complexity index is 819. The maximum Gasteiger partial charge on any atom is 0.339 e. The van der Waals surface area contributed by atoms with E-state index in [1.807, 2.05) is 31.2 Å². The smallest absolute Gasteiger partial charge is 0.339 e. The number of ether oxygens (including phenoxy) is 4. The minimum atomic E-state index is -0.920. The lowest BCUT2D eigenvalue weighted by Gasteiger charge is -2.15. The van der Waals surface area contributed by atoms with Crippen LogP contribution >= 0.6 is 0 Å². The molecular weight excluding hydrogens is 374 g/mol. The van der Waals surface area contributed by atoms with Crippen molar-refractivity contribution in [3.05, 3.63) is 53.6 Å². The van der Waals surface area contributed by atoms with E-state index in [-0.39, 0.29) is 11.5 Å². The second-order valence-corrected chi connectivity index (χ2v) is 6.24. The minimum absolute atomic E-state index is 0.284. The molecule has 0 heterocycles. The van der Waals surface area contributed by atoms with Crippen LogP contribution in [0.25, 0.3) is 0 Å². The average molecular weight is 401 g/mol. The van der Waals surface area contributed by atoms with E-state index in [9.17, 15) is 9.59 Å². The van der Waals surface area contributed by atoms with E-state index in [2.05, 4.69) is 5.32 Å². The van der Waals surface area contributed by atoms with Gasteiger partial charge in [-0.3, -0.25) is 4.79 Å². The van der Waals surface area contributed by atoms with Crippen molar-refractivity contribution in [2.45, 2.75) is 26.4 Å². The van der Waals surface area contributed by atoms with E-state index in [0.29, 0.717) is 31.1 Å². The molecule has 0 aliphatic carbocycles. The predicted molar refractivity (Wildman–Crippen MR) is 109 cm³/mol. The molecule has 1 N–H and O–H groups in total. The van der Waals surface area contributed by atoms with Crippen LogP contribution < -0.4 is 19.5 Å². The van der Waals surface area contributed by atoms with Crippen molar-refractivity contribution in [1.29, 1.82) is 0 Å². The van der Waals surface area contributed by atoms with Gasteiger partial charge in [0.2, 0.25) is 0 Å². The van der Waals surface area contributed by atoms with Gasteiger partial charge in [-0.1, -0.05) is 12.1 Å². The molecule has 7 nitrogen and oxygen atoms in total. The number of carbonyl (C=O) groups excluding carboxylic acids is 2. The number of methoxy groups -OCH3 is 2. The number of esters is 1. The molecule has 2 aromatic rings. The molecule has 0 unspecified atom stereocenters. The first-order chi connectivity index (χ1) is 14.0. The van der Waals surface area contributed by atoms with E-state index in [4.69, 9.17) is 18.9 Å². The molecule has 7 heteroatoms. The van der Waals surface area contributed by atoms with Gasteiger partial charge in [0.25, 0.3) is 5.91 Å². The molecule has 0 saturated heterocycles. The van der Waals surface area contributed by atoms with Gasteiger partial charge in [0.15, 0.2) is 17.6 Å². The zero-order valence-corrected chi connectivity index (χ0v) is 17.2. The highest BCUT2D eigenvalue weighted by molar-refractivity contribution is 5.92. The van der Waals surface area contributed by atoms with E-state index < -0.39 is 12.1 Å². The lowest BCUT2D eigenvalue weighted by molar-refractivity contribution is -0.129. The van der Waals surface area contributed by atoms with E-state index in [1.54, 1.807) is 25.3 Å². The highest BCUT2D eigenvalue weighted by atomic mass is 16.5. The molecule has 0 aliphatic rings. The van der Waals surface area contributed by atoms with Crippen LogP contribution in [0.15, 0.2) is 42.5 Å². The first-order valence-corrected chi connectivity index (χ1v) is 9.41. The van der Waals surface area contributed by atoms with Crippen LogP contribution in [-0.2, 0) is 16.0 Å². The summed E-state index contributed by atoms with van der Waals surface area (Å²) in [6, 6.07) is 12.3. The number of benzene rings is 2. The summed E-state index contributed by atoms with van der Waals surface area (Å²) in [7, 11) is 3.13. The van der Waals surface area contributed by atoms with Gasteiger partial charge in [-0.25, -0.2) is 4.79 Å². The molecule has 0 spiro atoms. The number of carbonyl (C=O) groups is 2. The highest BCUT2D eigenvalue weighted by Gasteiger charge is 2.20. The molecule has 2 aromatic carbocycles. The van der Waals surface area contributed by atoms with E-state index >= 15 is 0 Å². The van der Waals surface area contributed by atoms with Crippen molar-refractivity contribution in [3.8, 4) is 17.2 Å². The van der Waals surface area contributed by atoms with Gasteiger partial charge in [-0.05, 0) is 56.2 Å². The van der Waals surface area contributed by atoms with Gasteiger partial charge in [0, 0.05) is 6.54 Å². The zero-order chi connectivity index (χ0) is 21.2. The minimum Gasteiger partial charge on any atom is -0.497 e. The maximum absolute atomic E-state index is 12.4. The molecule has 156 valence electrons. The van der Waals surface area contributed by atoms with Crippen molar-refractivity contribution >= 4 is 11.9 Å². The fraction of sp³-hybridized carbons (Fsp3) is 0.364. The summed E-state index contributed by atoms with van der Waals surface area (Å²) in [5.41, 5.74) is 1.35. The molecule has 0 radical (unpaired) electrons. The van der Waals surface area contributed by atoms with E-state index in [1.165, 1.54) is 14.0 Å². The third kappa shape index (κ3) is 6.41. The molecule has 29 heavy (non-hydrogen) atoms. The Labute approximate surface area is 170 Å². The van der Waals surface area contributed by atoms with Gasteiger partial charge < -0.3 is 24.3 Å². The molecule has 0 saturated carbocycles. The summed E-state index contributed by atoms with van der Waals surface area (Å²) in [4.78, 5) is 24.6. The molecule has 0 aromatic heterocycles. The van der Waals surface area contributed by atoms with Gasteiger partial charge in [0.1, 0.15) is 5.75 Å². The second kappa shape index (κ2) is 10.9. The second-order valence-electron chi connectivity index (χ2n) is 6.24. The van der Waals surface area contributed by atoms with Gasteiger partial charge >= 0.3 is 5.97 Å². The Balaban J connectivity index is 1.86. The van der Waals surface area contributed by atoms with Crippen molar-refractivity contribution in [2.24, 2.45) is 0 Å². The lowest BCUT2D eigenvalue weighted by atomic mass is 10.1. The Kier molecular flexibility index (Phi) is 8.33. The summed E-state index contributed by atoms with van der Waals surface area (Å²) >= 11 is 0. The van der Waals surface area contributed by atoms with Crippen LogP contribution in [0.5, 0.6) is 17.2 Å². The normalized spacial score (nSPS) is 11.3. The van der Waals surface area contributed by atoms with Crippen LogP contribution in [0, 0.1) is 0 Å². The van der Waals surface area contributed by atoms with E-state index in [0.717, 1.165) is 11.3 Å². The fourth-order valence-corrected chi connectivity index (χ4v) is 2.62. The summed E-state index contributed by atoms with van der Waals surface area (Å²) in [6.45, 7) is 4.24. The summed E-state index contributed by atoms with van der Waals surface area (Å²) < 4.78 is 21.0. The number of hydrogen-bond donors (Lipinski definition) is 1. The Hall–Kier alpha value is -3.22. The van der Waals surface area contributed by atoms with Crippen molar-refractivity contribution in [1.82, 2.24) is 5.32 Å². The first-order valence-electron chi connectivity index (χ1n) is 9.41. The number of nitrogens with one attached hydrogen (secondary N) is 1. The van der Waals surface area contributed by atoms with Gasteiger partial charge in [0.05, 0.1) is 26.4 Å². The molecule has 0 fully saturated rings. The van der Waals surface area contributed by atoms with Crippen molar-refractivity contribution in [3.63, 3.8) is 0 Å².